The van der Waals surface area contributed by atoms with Gasteiger partial charge < -0.3 is 16.0 Å². The van der Waals surface area contributed by atoms with E-state index in [4.69, 9.17) is 5.73 Å². The van der Waals surface area contributed by atoms with Gasteiger partial charge in [-0.05, 0) is 39.0 Å². The van der Waals surface area contributed by atoms with Crippen molar-refractivity contribution < 1.29 is 9.59 Å². The fourth-order valence-corrected chi connectivity index (χ4v) is 3.73. The second kappa shape index (κ2) is 13.3. The first kappa shape index (κ1) is 25.1. The number of thiazole rings is 1. The molecular weight excluding hydrogens is 395 g/mol. The summed E-state index contributed by atoms with van der Waals surface area (Å²) in [4.78, 5) is 30.5. The highest BCUT2D eigenvalue weighted by Gasteiger charge is 2.26. The molecule has 1 fully saturated rings. The number of likely N-dealkylation sites (tertiary alicyclic amines) is 1. The van der Waals surface area contributed by atoms with Crippen molar-refractivity contribution in [2.45, 2.75) is 57.9 Å². The van der Waals surface area contributed by atoms with Crippen LogP contribution in [0.4, 0.5) is 0 Å². The lowest BCUT2D eigenvalue weighted by Gasteiger charge is -2.36. The Labute approximate surface area is 172 Å². The van der Waals surface area contributed by atoms with Crippen LogP contribution in [-0.4, -0.2) is 47.4 Å². The van der Waals surface area contributed by atoms with E-state index in [1.54, 1.807) is 11.3 Å². The number of hydrogen-bond acceptors (Lipinski definition) is 5. The molecule has 9 heteroatoms. The highest BCUT2D eigenvalue weighted by molar-refractivity contribution is 7.09. The number of rotatable bonds is 8. The van der Waals surface area contributed by atoms with Crippen LogP contribution in [0.15, 0.2) is 5.38 Å². The molecule has 150 valence electrons. The summed E-state index contributed by atoms with van der Waals surface area (Å²) in [6.07, 6.45) is 5.67. The Morgan fingerprint density at radius 1 is 1.35 bits per heavy atom. The molecule has 3 N–H and O–H groups in total. The molecular formula is C17H30Cl2N4O2S. The summed E-state index contributed by atoms with van der Waals surface area (Å²) >= 11 is 1.65. The Balaban J connectivity index is 0.00000312. The molecule has 1 aliphatic heterocycles. The van der Waals surface area contributed by atoms with Gasteiger partial charge in [0.2, 0.25) is 11.8 Å². The quantitative estimate of drug-likeness (QED) is 0.670. The fraction of sp³-hybridized carbons (Fsp3) is 0.706. The van der Waals surface area contributed by atoms with Gasteiger partial charge in [0.05, 0.1) is 10.7 Å². The number of nitrogens with zero attached hydrogens (tertiary/aromatic N) is 2. The second-order valence-corrected chi connectivity index (χ2v) is 7.35. The maximum absolute atomic E-state index is 12.5. The zero-order chi connectivity index (χ0) is 17.4. The van der Waals surface area contributed by atoms with E-state index < -0.39 is 0 Å². The summed E-state index contributed by atoms with van der Waals surface area (Å²) in [5, 5.41) is 6.04. The second-order valence-electron chi connectivity index (χ2n) is 6.29. The third kappa shape index (κ3) is 8.20. The fourth-order valence-electron chi connectivity index (χ4n) is 3.08. The lowest BCUT2D eigenvalue weighted by molar-refractivity contribution is -0.135. The first-order chi connectivity index (χ1) is 11.6. The molecule has 0 radical (unpaired) electrons. The maximum Gasteiger partial charge on any atom is 0.222 e. The number of carbonyl (C=O) groups is 2. The monoisotopic (exact) mass is 424 g/mol. The minimum atomic E-state index is -0.0330. The van der Waals surface area contributed by atoms with Gasteiger partial charge in [0.25, 0.3) is 0 Å². The lowest BCUT2D eigenvalue weighted by Crippen LogP contribution is -2.49. The standard InChI is InChI=1S/C17H28N4O2S.2ClH/c1-13-20-14(12-24-13)5-4-7-17(23)21-10-3-2-6-15(21)11-19-16(22)8-9-18;;/h12,15H,2-11,18H2,1H3,(H,19,22);2*1H. The number of nitrogens with two attached hydrogens (primary N) is 1. The van der Waals surface area contributed by atoms with Crippen LogP contribution in [0.1, 0.15) is 49.2 Å². The predicted molar refractivity (Wildman–Crippen MR) is 110 cm³/mol. The number of halogens is 2. The highest BCUT2D eigenvalue weighted by Crippen LogP contribution is 2.19. The Hall–Kier alpha value is -0.890. The minimum absolute atomic E-state index is 0. The zero-order valence-electron chi connectivity index (χ0n) is 15.2. The van der Waals surface area contributed by atoms with Crippen LogP contribution in [0.25, 0.3) is 0 Å². The number of piperidine rings is 1. The number of nitrogens with one attached hydrogen (secondary N) is 1. The lowest BCUT2D eigenvalue weighted by atomic mass is 10.0. The molecule has 0 aromatic carbocycles. The summed E-state index contributed by atoms with van der Waals surface area (Å²) in [6.45, 7) is 3.69. The Bertz CT molecular complexity index is 557. The van der Waals surface area contributed by atoms with Crippen molar-refractivity contribution in [1.29, 1.82) is 0 Å². The molecule has 1 aromatic heterocycles. The zero-order valence-corrected chi connectivity index (χ0v) is 17.7. The van der Waals surface area contributed by atoms with E-state index in [-0.39, 0.29) is 42.7 Å². The third-order valence-corrected chi connectivity index (χ3v) is 5.17. The topological polar surface area (TPSA) is 88.3 Å². The number of aryl methyl sites for hydroxylation is 2. The van der Waals surface area contributed by atoms with Gasteiger partial charge >= 0.3 is 0 Å². The van der Waals surface area contributed by atoms with Gasteiger partial charge in [-0.1, -0.05) is 0 Å². The molecule has 2 amide bonds. The van der Waals surface area contributed by atoms with Gasteiger partial charge in [0.15, 0.2) is 0 Å². The number of aromatic nitrogens is 1. The van der Waals surface area contributed by atoms with Gasteiger partial charge in [-0.3, -0.25) is 9.59 Å². The number of hydrogen-bond donors (Lipinski definition) is 2. The third-order valence-electron chi connectivity index (χ3n) is 4.34. The molecule has 2 rings (SSSR count). The van der Waals surface area contributed by atoms with E-state index >= 15 is 0 Å². The van der Waals surface area contributed by atoms with Crippen LogP contribution in [0, 0.1) is 6.92 Å². The molecule has 26 heavy (non-hydrogen) atoms. The average Bonchev–Trinajstić information content (AvgIpc) is 2.99. The molecule has 2 heterocycles. The van der Waals surface area contributed by atoms with Gasteiger partial charge in [-0.25, -0.2) is 4.98 Å². The Morgan fingerprint density at radius 3 is 2.77 bits per heavy atom. The molecule has 0 bridgehead atoms. The van der Waals surface area contributed by atoms with E-state index in [1.165, 1.54) is 0 Å². The molecule has 0 aliphatic carbocycles. The van der Waals surface area contributed by atoms with Crippen LogP contribution < -0.4 is 11.1 Å². The first-order valence-electron chi connectivity index (χ1n) is 8.77. The highest BCUT2D eigenvalue weighted by atomic mass is 35.5. The number of amides is 2. The summed E-state index contributed by atoms with van der Waals surface area (Å²) in [5.41, 5.74) is 6.47. The van der Waals surface area contributed by atoms with Gasteiger partial charge in [-0.2, -0.15) is 0 Å². The maximum atomic E-state index is 12.5. The summed E-state index contributed by atoms with van der Waals surface area (Å²) in [5.74, 6) is 0.161. The van der Waals surface area contributed by atoms with Gasteiger partial charge in [0.1, 0.15) is 0 Å². The van der Waals surface area contributed by atoms with Crippen LogP contribution in [0.5, 0.6) is 0 Å². The van der Waals surface area contributed by atoms with Crippen molar-refractivity contribution >= 4 is 48.0 Å². The van der Waals surface area contributed by atoms with Crippen LogP contribution >= 0.6 is 36.2 Å². The molecule has 1 saturated heterocycles. The first-order valence-corrected chi connectivity index (χ1v) is 9.65. The van der Waals surface area contributed by atoms with Crippen molar-refractivity contribution in [3.05, 3.63) is 16.1 Å². The average molecular weight is 425 g/mol. The minimum Gasteiger partial charge on any atom is -0.354 e. The Kier molecular flexibility index (Phi) is 12.8. The normalized spacial score (nSPS) is 16.4. The van der Waals surface area contributed by atoms with Crippen molar-refractivity contribution in [2.75, 3.05) is 19.6 Å². The van der Waals surface area contributed by atoms with Crippen molar-refractivity contribution in [3.8, 4) is 0 Å². The van der Waals surface area contributed by atoms with Crippen LogP contribution in [-0.2, 0) is 16.0 Å². The molecule has 0 saturated carbocycles. The van der Waals surface area contributed by atoms with E-state index in [1.807, 2.05) is 11.8 Å². The van der Waals surface area contributed by atoms with E-state index in [0.717, 1.165) is 49.4 Å². The van der Waals surface area contributed by atoms with Crippen molar-refractivity contribution in [1.82, 2.24) is 15.2 Å². The SMILES string of the molecule is Cc1nc(CCCC(=O)N2CCCCC2CNC(=O)CCN)cs1.Cl.Cl. The van der Waals surface area contributed by atoms with Crippen molar-refractivity contribution in [2.24, 2.45) is 5.73 Å². The van der Waals surface area contributed by atoms with E-state index in [0.29, 0.717) is 25.9 Å². The summed E-state index contributed by atoms with van der Waals surface area (Å²) in [7, 11) is 0. The van der Waals surface area contributed by atoms with E-state index in [2.05, 4.69) is 15.7 Å². The molecule has 6 nitrogen and oxygen atoms in total. The molecule has 1 unspecified atom stereocenters. The van der Waals surface area contributed by atoms with Gasteiger partial charge in [-0.15, -0.1) is 36.2 Å². The summed E-state index contributed by atoms with van der Waals surface area (Å²) < 4.78 is 0. The molecule has 0 spiro atoms. The largest absolute Gasteiger partial charge is 0.354 e. The van der Waals surface area contributed by atoms with Crippen molar-refractivity contribution in [3.63, 3.8) is 0 Å². The van der Waals surface area contributed by atoms with E-state index in [9.17, 15) is 9.59 Å². The van der Waals surface area contributed by atoms with Crippen LogP contribution in [0.2, 0.25) is 0 Å². The predicted octanol–water partition coefficient (Wildman–Crippen LogP) is 2.46. The molecule has 1 aliphatic rings. The Morgan fingerprint density at radius 2 is 2.12 bits per heavy atom. The molecule has 1 aromatic rings. The smallest absolute Gasteiger partial charge is 0.222 e. The van der Waals surface area contributed by atoms with Gasteiger partial charge in [0, 0.05) is 43.9 Å². The number of carbonyl (C=O) groups excluding carboxylic acids is 2. The molecule has 1 atom stereocenters. The van der Waals surface area contributed by atoms with Crippen LogP contribution in [0.3, 0.4) is 0 Å². The summed E-state index contributed by atoms with van der Waals surface area (Å²) in [6, 6.07) is 0.120.